The maximum absolute atomic E-state index is 11.6. The average molecular weight is 256 g/mol. The second-order valence-corrected chi connectivity index (χ2v) is 4.17. The second-order valence-electron chi connectivity index (χ2n) is 4.17. The number of carbonyl (C=O) groups is 1. The molecule has 2 rings (SSSR count). The lowest BCUT2D eigenvalue weighted by molar-refractivity contribution is -0.144. The van der Waals surface area contributed by atoms with Crippen LogP contribution in [0, 0.1) is 0 Å². The van der Waals surface area contributed by atoms with Crippen molar-refractivity contribution in [1.82, 2.24) is 9.97 Å². The van der Waals surface area contributed by atoms with Crippen LogP contribution in [0.25, 0.3) is 11.3 Å². The van der Waals surface area contributed by atoms with Crippen molar-refractivity contribution in [1.29, 1.82) is 0 Å². The zero-order valence-electron chi connectivity index (χ0n) is 11.0. The van der Waals surface area contributed by atoms with E-state index in [4.69, 9.17) is 4.74 Å². The van der Waals surface area contributed by atoms with Crippen molar-refractivity contribution < 1.29 is 9.53 Å². The molecule has 1 unspecified atom stereocenters. The van der Waals surface area contributed by atoms with Crippen LogP contribution in [-0.4, -0.2) is 22.5 Å². The first-order valence-corrected chi connectivity index (χ1v) is 6.26. The van der Waals surface area contributed by atoms with Crippen LogP contribution in [0.1, 0.15) is 25.5 Å². The van der Waals surface area contributed by atoms with Crippen LogP contribution in [0.15, 0.2) is 42.7 Å². The topological polar surface area (TPSA) is 52.1 Å². The maximum atomic E-state index is 11.6. The molecule has 0 fully saturated rings. The normalized spacial score (nSPS) is 11.9. The number of rotatable bonds is 4. The summed E-state index contributed by atoms with van der Waals surface area (Å²) >= 11 is 0. The van der Waals surface area contributed by atoms with E-state index < -0.39 is 5.92 Å². The van der Waals surface area contributed by atoms with Crippen LogP contribution in [0.5, 0.6) is 0 Å². The number of esters is 1. The van der Waals surface area contributed by atoms with Gasteiger partial charge in [-0.1, -0.05) is 30.3 Å². The molecule has 4 nitrogen and oxygen atoms in total. The third kappa shape index (κ3) is 3.16. The fourth-order valence-electron chi connectivity index (χ4n) is 1.71. The molecule has 0 saturated heterocycles. The molecular weight excluding hydrogens is 240 g/mol. The van der Waals surface area contributed by atoms with Crippen molar-refractivity contribution in [2.24, 2.45) is 0 Å². The molecule has 1 atom stereocenters. The Balaban J connectivity index is 2.17. The fraction of sp³-hybridized carbons (Fsp3) is 0.267. The summed E-state index contributed by atoms with van der Waals surface area (Å²) in [6.45, 7) is 3.93. The number of aromatic nitrogens is 2. The van der Waals surface area contributed by atoms with Crippen molar-refractivity contribution in [2.75, 3.05) is 6.61 Å². The summed E-state index contributed by atoms with van der Waals surface area (Å²) < 4.78 is 4.97. The third-order valence-electron chi connectivity index (χ3n) is 2.83. The van der Waals surface area contributed by atoms with E-state index >= 15 is 0 Å². The highest BCUT2D eigenvalue weighted by molar-refractivity contribution is 5.77. The number of ether oxygens (including phenoxy) is 1. The van der Waals surface area contributed by atoms with Crippen molar-refractivity contribution in [3.8, 4) is 11.3 Å². The van der Waals surface area contributed by atoms with Crippen LogP contribution in [0.2, 0.25) is 0 Å². The molecule has 0 radical (unpaired) electrons. The number of carbonyl (C=O) groups excluding carboxylic acids is 1. The summed E-state index contributed by atoms with van der Waals surface area (Å²) in [5.74, 6) is -0.665. The molecule has 0 spiro atoms. The number of benzene rings is 1. The van der Waals surface area contributed by atoms with E-state index in [-0.39, 0.29) is 5.97 Å². The molecule has 0 aliphatic rings. The summed E-state index contributed by atoms with van der Waals surface area (Å²) in [4.78, 5) is 20.2. The SMILES string of the molecule is CCOC(=O)C(C)c1cnc(-c2ccccc2)cn1. The second kappa shape index (κ2) is 6.09. The molecule has 0 bridgehead atoms. The van der Waals surface area contributed by atoms with Gasteiger partial charge in [-0.05, 0) is 13.8 Å². The molecule has 0 N–H and O–H groups in total. The number of hydrogen-bond acceptors (Lipinski definition) is 4. The molecule has 98 valence electrons. The highest BCUT2D eigenvalue weighted by atomic mass is 16.5. The van der Waals surface area contributed by atoms with Crippen LogP contribution in [0.3, 0.4) is 0 Å². The smallest absolute Gasteiger partial charge is 0.314 e. The van der Waals surface area contributed by atoms with Crippen LogP contribution in [-0.2, 0) is 9.53 Å². The molecule has 1 heterocycles. The van der Waals surface area contributed by atoms with Crippen molar-refractivity contribution >= 4 is 5.97 Å². The van der Waals surface area contributed by atoms with Gasteiger partial charge in [-0.15, -0.1) is 0 Å². The molecule has 0 aliphatic carbocycles. The van der Waals surface area contributed by atoms with Crippen molar-refractivity contribution in [3.63, 3.8) is 0 Å². The van der Waals surface area contributed by atoms with E-state index in [1.807, 2.05) is 30.3 Å². The van der Waals surface area contributed by atoms with Gasteiger partial charge in [0.1, 0.15) is 0 Å². The number of hydrogen-bond donors (Lipinski definition) is 0. The quantitative estimate of drug-likeness (QED) is 0.789. The Morgan fingerprint density at radius 1 is 1.21 bits per heavy atom. The van der Waals surface area contributed by atoms with Gasteiger partial charge >= 0.3 is 5.97 Å². The van der Waals surface area contributed by atoms with E-state index in [0.29, 0.717) is 12.3 Å². The predicted octanol–water partition coefficient (Wildman–Crippen LogP) is 2.81. The Hall–Kier alpha value is -2.23. The van der Waals surface area contributed by atoms with Gasteiger partial charge in [0.2, 0.25) is 0 Å². The standard InChI is InChI=1S/C15H16N2O2/c1-3-19-15(18)11(2)13-9-17-14(10-16-13)12-7-5-4-6-8-12/h4-11H,3H2,1-2H3. The molecule has 0 aliphatic heterocycles. The summed E-state index contributed by atoms with van der Waals surface area (Å²) in [5, 5.41) is 0. The fourth-order valence-corrected chi connectivity index (χ4v) is 1.71. The Kier molecular flexibility index (Phi) is 4.23. The summed E-state index contributed by atoms with van der Waals surface area (Å²) in [6, 6.07) is 9.80. The molecule has 2 aromatic rings. The lowest BCUT2D eigenvalue weighted by Gasteiger charge is -2.09. The molecule has 1 aromatic heterocycles. The predicted molar refractivity (Wildman–Crippen MR) is 72.5 cm³/mol. The van der Waals surface area contributed by atoms with Gasteiger partial charge in [0.15, 0.2) is 0 Å². The Morgan fingerprint density at radius 3 is 2.53 bits per heavy atom. The lowest BCUT2D eigenvalue weighted by atomic mass is 10.1. The minimum Gasteiger partial charge on any atom is -0.465 e. The minimum absolute atomic E-state index is 0.274. The molecule has 0 amide bonds. The molecule has 4 heteroatoms. The van der Waals surface area contributed by atoms with Crippen LogP contribution in [0.4, 0.5) is 0 Å². The van der Waals surface area contributed by atoms with Crippen molar-refractivity contribution in [2.45, 2.75) is 19.8 Å². The monoisotopic (exact) mass is 256 g/mol. The van der Waals surface area contributed by atoms with E-state index in [9.17, 15) is 4.79 Å². The Bertz CT molecular complexity index is 538. The first-order valence-electron chi connectivity index (χ1n) is 6.26. The van der Waals surface area contributed by atoms with Gasteiger partial charge in [0.05, 0.1) is 30.1 Å². The first-order chi connectivity index (χ1) is 9.22. The molecule has 0 saturated carbocycles. The van der Waals surface area contributed by atoms with Gasteiger partial charge in [0.25, 0.3) is 0 Å². The zero-order valence-corrected chi connectivity index (χ0v) is 11.0. The van der Waals surface area contributed by atoms with Gasteiger partial charge in [-0.3, -0.25) is 14.8 Å². The summed E-state index contributed by atoms with van der Waals surface area (Å²) in [6.07, 6.45) is 3.31. The Labute approximate surface area is 112 Å². The van der Waals surface area contributed by atoms with E-state index in [1.165, 1.54) is 0 Å². The maximum Gasteiger partial charge on any atom is 0.314 e. The minimum atomic E-state index is -0.391. The third-order valence-corrected chi connectivity index (χ3v) is 2.83. The van der Waals surface area contributed by atoms with Gasteiger partial charge in [0, 0.05) is 11.8 Å². The molecule has 1 aromatic carbocycles. The van der Waals surface area contributed by atoms with Crippen LogP contribution < -0.4 is 0 Å². The van der Waals surface area contributed by atoms with E-state index in [2.05, 4.69) is 9.97 Å². The molecular formula is C15H16N2O2. The lowest BCUT2D eigenvalue weighted by Crippen LogP contribution is -2.14. The van der Waals surface area contributed by atoms with Gasteiger partial charge in [-0.25, -0.2) is 0 Å². The van der Waals surface area contributed by atoms with Crippen molar-refractivity contribution in [3.05, 3.63) is 48.4 Å². The Morgan fingerprint density at radius 2 is 1.95 bits per heavy atom. The average Bonchev–Trinajstić information content (AvgIpc) is 2.48. The van der Waals surface area contributed by atoms with Crippen LogP contribution >= 0.6 is 0 Å². The summed E-state index contributed by atoms with van der Waals surface area (Å²) in [5.41, 5.74) is 2.42. The largest absolute Gasteiger partial charge is 0.465 e. The zero-order chi connectivity index (χ0) is 13.7. The first kappa shape index (κ1) is 13.2. The van der Waals surface area contributed by atoms with E-state index in [0.717, 1.165) is 11.3 Å². The van der Waals surface area contributed by atoms with E-state index in [1.54, 1.807) is 26.2 Å². The highest BCUT2D eigenvalue weighted by Gasteiger charge is 2.18. The van der Waals surface area contributed by atoms with Gasteiger partial charge in [-0.2, -0.15) is 0 Å². The molecule has 19 heavy (non-hydrogen) atoms. The summed E-state index contributed by atoms with van der Waals surface area (Å²) in [7, 11) is 0. The highest BCUT2D eigenvalue weighted by Crippen LogP contribution is 2.18. The van der Waals surface area contributed by atoms with Gasteiger partial charge < -0.3 is 4.74 Å². The number of nitrogens with zero attached hydrogens (tertiary/aromatic N) is 2.